The Morgan fingerprint density at radius 1 is 1.29 bits per heavy atom. The van der Waals surface area contributed by atoms with Crippen molar-refractivity contribution in [3.8, 4) is 5.75 Å². The maximum absolute atomic E-state index is 5.07. The number of hydrogen-bond donors (Lipinski definition) is 0. The molecule has 0 radical (unpaired) electrons. The van der Waals surface area contributed by atoms with Gasteiger partial charge < -0.3 is 9.15 Å². The van der Waals surface area contributed by atoms with Crippen LogP contribution in [0.4, 0.5) is 5.69 Å². The molecule has 0 saturated heterocycles. The Balaban J connectivity index is 2.07. The van der Waals surface area contributed by atoms with Gasteiger partial charge in [-0.1, -0.05) is 6.58 Å². The summed E-state index contributed by atoms with van der Waals surface area (Å²) in [6.45, 7) is 3.91. The van der Waals surface area contributed by atoms with Crippen molar-refractivity contribution in [1.82, 2.24) is 0 Å². The highest BCUT2D eigenvalue weighted by Gasteiger charge is 1.96. The number of ether oxygens (including phenoxy) is 1. The summed E-state index contributed by atoms with van der Waals surface area (Å²) < 4.78 is 10.1. The molecule has 2 rings (SSSR count). The zero-order chi connectivity index (χ0) is 12.1. The van der Waals surface area contributed by atoms with Gasteiger partial charge in [-0.25, -0.2) is 0 Å². The van der Waals surface area contributed by atoms with Crippen molar-refractivity contribution in [3.63, 3.8) is 0 Å². The maximum Gasteiger partial charge on any atom is 0.119 e. The van der Waals surface area contributed by atoms with Crippen LogP contribution in [0.15, 0.2) is 58.8 Å². The Kier molecular flexibility index (Phi) is 3.40. The molecule has 0 bridgehead atoms. The Morgan fingerprint density at radius 2 is 2.06 bits per heavy atom. The van der Waals surface area contributed by atoms with Gasteiger partial charge in [0.25, 0.3) is 0 Å². The second-order valence-corrected chi connectivity index (χ2v) is 3.49. The van der Waals surface area contributed by atoms with Crippen molar-refractivity contribution in [1.29, 1.82) is 0 Å². The van der Waals surface area contributed by atoms with Crippen LogP contribution in [-0.2, 0) is 0 Å². The summed E-state index contributed by atoms with van der Waals surface area (Å²) in [6, 6.07) is 9.36. The van der Waals surface area contributed by atoms with E-state index in [0.29, 0.717) is 0 Å². The molecule has 0 amide bonds. The van der Waals surface area contributed by atoms with E-state index < -0.39 is 0 Å². The van der Waals surface area contributed by atoms with Gasteiger partial charge >= 0.3 is 0 Å². The van der Waals surface area contributed by atoms with Gasteiger partial charge in [-0.3, -0.25) is 4.99 Å². The topological polar surface area (TPSA) is 34.7 Å². The average molecular weight is 227 g/mol. The van der Waals surface area contributed by atoms with Gasteiger partial charge in [0.1, 0.15) is 5.75 Å². The fourth-order valence-corrected chi connectivity index (χ4v) is 1.34. The number of allylic oxidation sites excluding steroid dienone is 1. The summed E-state index contributed by atoms with van der Waals surface area (Å²) >= 11 is 0. The fraction of sp³-hybridized carbons (Fsp3) is 0.0714. The van der Waals surface area contributed by atoms with E-state index in [4.69, 9.17) is 9.15 Å². The first-order valence-corrected chi connectivity index (χ1v) is 5.19. The normalized spacial score (nSPS) is 10.6. The van der Waals surface area contributed by atoms with Crippen molar-refractivity contribution in [2.45, 2.75) is 0 Å². The number of hydrogen-bond acceptors (Lipinski definition) is 3. The van der Waals surface area contributed by atoms with Crippen LogP contribution in [-0.4, -0.2) is 13.3 Å². The van der Waals surface area contributed by atoms with Gasteiger partial charge in [-0.15, -0.1) is 0 Å². The van der Waals surface area contributed by atoms with E-state index in [2.05, 4.69) is 11.6 Å². The zero-order valence-electron chi connectivity index (χ0n) is 9.59. The van der Waals surface area contributed by atoms with Gasteiger partial charge in [0.15, 0.2) is 0 Å². The molecule has 1 aromatic heterocycles. The largest absolute Gasteiger partial charge is 0.497 e. The summed E-state index contributed by atoms with van der Waals surface area (Å²) in [6.07, 6.45) is 4.97. The first kappa shape index (κ1) is 11.2. The minimum atomic E-state index is 0.814. The first-order valence-electron chi connectivity index (χ1n) is 5.19. The second kappa shape index (κ2) is 5.16. The Bertz CT molecular complexity index is 510. The number of benzene rings is 1. The molecule has 17 heavy (non-hydrogen) atoms. The SMILES string of the molecule is C=C(C=Nc1ccc(OC)cc1)c1ccoc1. The summed E-state index contributed by atoms with van der Waals surface area (Å²) in [7, 11) is 1.64. The third-order valence-corrected chi connectivity index (χ3v) is 2.33. The van der Waals surface area contributed by atoms with Gasteiger partial charge in [-0.2, -0.15) is 0 Å². The van der Waals surface area contributed by atoms with E-state index in [1.807, 2.05) is 30.3 Å². The Hall–Kier alpha value is -2.29. The highest BCUT2D eigenvalue weighted by atomic mass is 16.5. The molecule has 1 heterocycles. The van der Waals surface area contributed by atoms with E-state index in [1.165, 1.54) is 0 Å². The molecule has 0 saturated carbocycles. The molecule has 0 spiro atoms. The van der Waals surface area contributed by atoms with Crippen LogP contribution in [0.1, 0.15) is 5.56 Å². The monoisotopic (exact) mass is 227 g/mol. The fourth-order valence-electron chi connectivity index (χ4n) is 1.34. The lowest BCUT2D eigenvalue weighted by molar-refractivity contribution is 0.415. The van der Waals surface area contributed by atoms with Crippen LogP contribution in [0.5, 0.6) is 5.75 Å². The molecular formula is C14H13NO2. The molecule has 2 aromatic rings. The van der Waals surface area contributed by atoms with Gasteiger partial charge in [-0.05, 0) is 35.9 Å². The van der Waals surface area contributed by atoms with E-state index >= 15 is 0 Å². The Labute approximate surface area is 100 Å². The second-order valence-electron chi connectivity index (χ2n) is 3.49. The van der Waals surface area contributed by atoms with E-state index in [1.54, 1.807) is 25.9 Å². The van der Waals surface area contributed by atoms with Crippen LogP contribution in [0.3, 0.4) is 0 Å². The van der Waals surface area contributed by atoms with Crippen LogP contribution >= 0.6 is 0 Å². The molecule has 0 fully saturated rings. The van der Waals surface area contributed by atoms with Gasteiger partial charge in [0, 0.05) is 11.8 Å². The average Bonchev–Trinajstić information content (AvgIpc) is 2.90. The molecule has 0 unspecified atom stereocenters. The summed E-state index contributed by atoms with van der Waals surface area (Å²) in [4.78, 5) is 4.32. The van der Waals surface area contributed by atoms with Crippen molar-refractivity contribution in [2.24, 2.45) is 4.99 Å². The molecule has 0 N–H and O–H groups in total. The van der Waals surface area contributed by atoms with Crippen molar-refractivity contribution < 1.29 is 9.15 Å². The molecular weight excluding hydrogens is 214 g/mol. The summed E-state index contributed by atoms with van der Waals surface area (Å²) in [5, 5.41) is 0. The lowest BCUT2D eigenvalue weighted by atomic mass is 10.2. The molecule has 0 atom stereocenters. The molecule has 0 aliphatic rings. The van der Waals surface area contributed by atoms with E-state index in [0.717, 1.165) is 22.6 Å². The number of aliphatic imine (C=N–C) groups is 1. The Morgan fingerprint density at radius 3 is 2.65 bits per heavy atom. The van der Waals surface area contributed by atoms with Crippen molar-refractivity contribution in [2.75, 3.05) is 7.11 Å². The molecule has 3 heteroatoms. The van der Waals surface area contributed by atoms with Crippen LogP contribution in [0.2, 0.25) is 0 Å². The zero-order valence-corrected chi connectivity index (χ0v) is 9.59. The number of nitrogens with zero attached hydrogens (tertiary/aromatic N) is 1. The summed E-state index contributed by atoms with van der Waals surface area (Å²) in [5.41, 5.74) is 2.60. The molecule has 3 nitrogen and oxygen atoms in total. The maximum atomic E-state index is 5.07. The van der Waals surface area contributed by atoms with Crippen LogP contribution in [0.25, 0.3) is 5.57 Å². The standard InChI is InChI=1S/C14H13NO2/c1-11(12-7-8-17-10-12)9-15-13-3-5-14(16-2)6-4-13/h3-10H,1H2,2H3. The highest BCUT2D eigenvalue weighted by Crippen LogP contribution is 2.18. The predicted octanol–water partition coefficient (Wildman–Crippen LogP) is 3.70. The van der Waals surface area contributed by atoms with E-state index in [-0.39, 0.29) is 0 Å². The number of furan rings is 1. The number of rotatable bonds is 4. The molecule has 86 valence electrons. The van der Waals surface area contributed by atoms with Crippen molar-refractivity contribution >= 4 is 17.5 Å². The minimum Gasteiger partial charge on any atom is -0.497 e. The number of methoxy groups -OCH3 is 1. The minimum absolute atomic E-state index is 0.814. The third-order valence-electron chi connectivity index (χ3n) is 2.33. The lowest BCUT2D eigenvalue weighted by Crippen LogP contribution is -1.81. The third kappa shape index (κ3) is 2.84. The molecule has 0 aliphatic heterocycles. The predicted molar refractivity (Wildman–Crippen MR) is 68.9 cm³/mol. The van der Waals surface area contributed by atoms with E-state index in [9.17, 15) is 0 Å². The van der Waals surface area contributed by atoms with Gasteiger partial charge in [0.05, 0.1) is 25.3 Å². The molecule has 1 aromatic carbocycles. The highest BCUT2D eigenvalue weighted by molar-refractivity contribution is 6.09. The van der Waals surface area contributed by atoms with Crippen LogP contribution in [0, 0.1) is 0 Å². The smallest absolute Gasteiger partial charge is 0.119 e. The first-order chi connectivity index (χ1) is 8.29. The lowest BCUT2D eigenvalue weighted by Gasteiger charge is -1.99. The van der Waals surface area contributed by atoms with Crippen molar-refractivity contribution in [3.05, 3.63) is 55.0 Å². The van der Waals surface area contributed by atoms with Gasteiger partial charge in [0.2, 0.25) is 0 Å². The quantitative estimate of drug-likeness (QED) is 0.746. The molecule has 0 aliphatic carbocycles. The van der Waals surface area contributed by atoms with Crippen LogP contribution < -0.4 is 4.74 Å². The summed E-state index contributed by atoms with van der Waals surface area (Å²) in [5.74, 6) is 0.817.